The van der Waals surface area contributed by atoms with Crippen molar-refractivity contribution in [2.45, 2.75) is 19.4 Å². The smallest absolute Gasteiger partial charge is 0.0555 e. The SMILES string of the molecule is OCCNCC1CCN(Cc2ccccc2)CC1. The maximum atomic E-state index is 8.73. The molecule has 0 radical (unpaired) electrons. The summed E-state index contributed by atoms with van der Waals surface area (Å²) in [5.74, 6) is 0.781. The topological polar surface area (TPSA) is 35.5 Å². The zero-order valence-corrected chi connectivity index (χ0v) is 11.0. The van der Waals surface area contributed by atoms with E-state index in [4.69, 9.17) is 5.11 Å². The van der Waals surface area contributed by atoms with Gasteiger partial charge in [0.15, 0.2) is 0 Å². The van der Waals surface area contributed by atoms with E-state index in [1.807, 2.05) is 0 Å². The average molecular weight is 248 g/mol. The predicted molar refractivity (Wildman–Crippen MR) is 74.4 cm³/mol. The molecule has 3 heteroatoms. The van der Waals surface area contributed by atoms with Crippen LogP contribution in [0.5, 0.6) is 0 Å². The van der Waals surface area contributed by atoms with Crippen LogP contribution in [-0.2, 0) is 6.54 Å². The Bertz CT molecular complexity index is 321. The van der Waals surface area contributed by atoms with Gasteiger partial charge >= 0.3 is 0 Å². The van der Waals surface area contributed by atoms with Gasteiger partial charge in [-0.1, -0.05) is 30.3 Å². The Balaban J connectivity index is 1.67. The Morgan fingerprint density at radius 2 is 1.89 bits per heavy atom. The van der Waals surface area contributed by atoms with Crippen LogP contribution in [-0.4, -0.2) is 42.8 Å². The number of hydrogen-bond acceptors (Lipinski definition) is 3. The number of nitrogens with one attached hydrogen (secondary N) is 1. The van der Waals surface area contributed by atoms with Crippen molar-refractivity contribution in [2.75, 3.05) is 32.8 Å². The number of aliphatic hydroxyl groups excluding tert-OH is 1. The molecular weight excluding hydrogens is 224 g/mol. The minimum Gasteiger partial charge on any atom is -0.395 e. The van der Waals surface area contributed by atoms with Gasteiger partial charge in [-0.05, 0) is 44.0 Å². The van der Waals surface area contributed by atoms with Crippen molar-refractivity contribution < 1.29 is 5.11 Å². The van der Waals surface area contributed by atoms with Crippen LogP contribution >= 0.6 is 0 Å². The normalized spacial score (nSPS) is 18.1. The number of piperidine rings is 1. The molecular formula is C15H24N2O. The summed E-state index contributed by atoms with van der Waals surface area (Å²) in [6.45, 7) is 5.50. The van der Waals surface area contributed by atoms with Gasteiger partial charge in [-0.15, -0.1) is 0 Å². The fraction of sp³-hybridized carbons (Fsp3) is 0.600. The second-order valence-electron chi connectivity index (χ2n) is 5.13. The van der Waals surface area contributed by atoms with Crippen molar-refractivity contribution >= 4 is 0 Å². The summed E-state index contributed by atoms with van der Waals surface area (Å²) in [6, 6.07) is 10.7. The fourth-order valence-corrected chi connectivity index (χ4v) is 2.58. The van der Waals surface area contributed by atoms with Crippen LogP contribution in [0, 0.1) is 5.92 Å². The highest BCUT2D eigenvalue weighted by Crippen LogP contribution is 2.18. The summed E-state index contributed by atoms with van der Waals surface area (Å²) in [4.78, 5) is 2.54. The molecule has 0 aromatic heterocycles. The van der Waals surface area contributed by atoms with E-state index in [9.17, 15) is 0 Å². The lowest BCUT2D eigenvalue weighted by atomic mass is 9.96. The molecule has 1 aliphatic rings. The second-order valence-corrected chi connectivity index (χ2v) is 5.13. The molecule has 3 nitrogen and oxygen atoms in total. The second kappa shape index (κ2) is 7.52. The maximum Gasteiger partial charge on any atom is 0.0555 e. The van der Waals surface area contributed by atoms with Crippen molar-refractivity contribution in [3.05, 3.63) is 35.9 Å². The van der Waals surface area contributed by atoms with Crippen molar-refractivity contribution in [2.24, 2.45) is 5.92 Å². The van der Waals surface area contributed by atoms with E-state index in [1.54, 1.807) is 0 Å². The van der Waals surface area contributed by atoms with Crippen LogP contribution in [0.25, 0.3) is 0 Å². The van der Waals surface area contributed by atoms with E-state index in [0.29, 0.717) is 0 Å². The molecule has 2 rings (SSSR count). The van der Waals surface area contributed by atoms with E-state index in [1.165, 1.54) is 31.5 Å². The van der Waals surface area contributed by atoms with Crippen LogP contribution in [0.3, 0.4) is 0 Å². The Labute approximate surface area is 110 Å². The average Bonchev–Trinajstić information content (AvgIpc) is 2.42. The third-order valence-electron chi connectivity index (χ3n) is 3.68. The number of benzene rings is 1. The Morgan fingerprint density at radius 1 is 1.17 bits per heavy atom. The molecule has 1 aliphatic heterocycles. The highest BCUT2D eigenvalue weighted by Gasteiger charge is 2.18. The molecule has 0 amide bonds. The molecule has 0 bridgehead atoms. The summed E-state index contributed by atoms with van der Waals surface area (Å²) in [6.07, 6.45) is 2.54. The lowest BCUT2D eigenvalue weighted by Gasteiger charge is -2.32. The molecule has 1 aromatic carbocycles. The van der Waals surface area contributed by atoms with E-state index >= 15 is 0 Å². The molecule has 0 unspecified atom stereocenters. The number of hydrogen-bond donors (Lipinski definition) is 2. The minimum atomic E-state index is 0.243. The fourth-order valence-electron chi connectivity index (χ4n) is 2.58. The third kappa shape index (κ3) is 4.41. The van der Waals surface area contributed by atoms with Crippen molar-refractivity contribution in [3.63, 3.8) is 0 Å². The Kier molecular flexibility index (Phi) is 5.65. The summed E-state index contributed by atoms with van der Waals surface area (Å²) in [7, 11) is 0. The van der Waals surface area contributed by atoms with Gasteiger partial charge in [0.25, 0.3) is 0 Å². The Morgan fingerprint density at radius 3 is 2.56 bits per heavy atom. The van der Waals surface area contributed by atoms with Crippen molar-refractivity contribution in [3.8, 4) is 0 Å². The molecule has 0 saturated carbocycles. The molecule has 1 saturated heterocycles. The highest BCUT2D eigenvalue weighted by atomic mass is 16.3. The zero-order chi connectivity index (χ0) is 12.6. The largest absolute Gasteiger partial charge is 0.395 e. The van der Waals surface area contributed by atoms with Crippen LogP contribution in [0.1, 0.15) is 18.4 Å². The van der Waals surface area contributed by atoms with Crippen LogP contribution in [0.4, 0.5) is 0 Å². The molecule has 0 aliphatic carbocycles. The molecule has 100 valence electrons. The minimum absolute atomic E-state index is 0.243. The first kappa shape index (κ1) is 13.5. The number of likely N-dealkylation sites (tertiary alicyclic amines) is 1. The first-order valence-corrected chi connectivity index (χ1v) is 6.96. The van der Waals surface area contributed by atoms with Gasteiger partial charge in [-0.3, -0.25) is 4.90 Å². The molecule has 1 aromatic rings. The van der Waals surface area contributed by atoms with Crippen LogP contribution in [0.15, 0.2) is 30.3 Å². The number of aliphatic hydroxyl groups is 1. The van der Waals surface area contributed by atoms with Gasteiger partial charge < -0.3 is 10.4 Å². The highest BCUT2D eigenvalue weighted by molar-refractivity contribution is 5.14. The molecule has 0 spiro atoms. The number of rotatable bonds is 6. The summed E-state index contributed by atoms with van der Waals surface area (Å²) in [5, 5.41) is 12.0. The van der Waals surface area contributed by atoms with Gasteiger partial charge in [0, 0.05) is 13.1 Å². The van der Waals surface area contributed by atoms with E-state index in [0.717, 1.165) is 25.6 Å². The van der Waals surface area contributed by atoms with Crippen LogP contribution in [0.2, 0.25) is 0 Å². The summed E-state index contributed by atoms with van der Waals surface area (Å²) in [5.41, 5.74) is 1.41. The van der Waals surface area contributed by atoms with Gasteiger partial charge in [-0.2, -0.15) is 0 Å². The first-order chi connectivity index (χ1) is 8.88. The Hall–Kier alpha value is -0.900. The quantitative estimate of drug-likeness (QED) is 0.749. The van der Waals surface area contributed by atoms with Crippen LogP contribution < -0.4 is 5.32 Å². The molecule has 1 heterocycles. The van der Waals surface area contributed by atoms with Crippen molar-refractivity contribution in [1.82, 2.24) is 10.2 Å². The molecule has 1 fully saturated rings. The first-order valence-electron chi connectivity index (χ1n) is 6.96. The number of nitrogens with zero attached hydrogens (tertiary/aromatic N) is 1. The van der Waals surface area contributed by atoms with E-state index in [2.05, 4.69) is 40.5 Å². The van der Waals surface area contributed by atoms with E-state index in [-0.39, 0.29) is 6.61 Å². The van der Waals surface area contributed by atoms with Gasteiger partial charge in [0.2, 0.25) is 0 Å². The van der Waals surface area contributed by atoms with Gasteiger partial charge in [0.1, 0.15) is 0 Å². The summed E-state index contributed by atoms with van der Waals surface area (Å²) < 4.78 is 0. The standard InChI is InChI=1S/C15H24N2O/c18-11-8-16-12-14-6-9-17(10-7-14)13-15-4-2-1-3-5-15/h1-5,14,16,18H,6-13H2. The zero-order valence-electron chi connectivity index (χ0n) is 11.0. The lowest BCUT2D eigenvalue weighted by molar-refractivity contribution is 0.173. The monoisotopic (exact) mass is 248 g/mol. The van der Waals surface area contributed by atoms with Crippen molar-refractivity contribution in [1.29, 1.82) is 0 Å². The lowest BCUT2D eigenvalue weighted by Crippen LogP contribution is -2.37. The molecule has 2 N–H and O–H groups in total. The molecule has 18 heavy (non-hydrogen) atoms. The third-order valence-corrected chi connectivity index (χ3v) is 3.68. The van der Waals surface area contributed by atoms with Gasteiger partial charge in [0.05, 0.1) is 6.61 Å². The molecule has 0 atom stereocenters. The van der Waals surface area contributed by atoms with Gasteiger partial charge in [-0.25, -0.2) is 0 Å². The maximum absolute atomic E-state index is 8.73. The predicted octanol–water partition coefficient (Wildman–Crippen LogP) is 1.48. The van der Waals surface area contributed by atoms with E-state index < -0.39 is 0 Å². The summed E-state index contributed by atoms with van der Waals surface area (Å²) >= 11 is 0.